The van der Waals surface area contributed by atoms with E-state index >= 15 is 0 Å². The SMILES string of the molecule is COc1cccc2[nH]c(C(=O)N3CC4(CCCCC4)CC3C(=O)NC(C#N)CC3CCCNC3=O)cc12. The average Bonchev–Trinajstić information content (AvgIpc) is 3.51. The summed E-state index contributed by atoms with van der Waals surface area (Å²) in [6, 6.07) is 8.13. The number of nitrogens with one attached hydrogen (secondary N) is 3. The lowest BCUT2D eigenvalue weighted by atomic mass is 9.72. The van der Waals surface area contributed by atoms with Crippen molar-refractivity contribution >= 4 is 28.6 Å². The van der Waals surface area contributed by atoms with Crippen LogP contribution in [0, 0.1) is 22.7 Å². The van der Waals surface area contributed by atoms with Crippen LogP contribution in [0.15, 0.2) is 24.3 Å². The largest absolute Gasteiger partial charge is 0.496 e. The monoisotopic (exact) mass is 505 g/mol. The lowest BCUT2D eigenvalue weighted by molar-refractivity contribution is -0.128. The molecule has 1 spiro atoms. The third kappa shape index (κ3) is 5.02. The lowest BCUT2D eigenvalue weighted by Gasteiger charge is -2.32. The van der Waals surface area contributed by atoms with Crippen LogP contribution >= 0.6 is 0 Å². The maximum Gasteiger partial charge on any atom is 0.271 e. The molecule has 1 aromatic heterocycles. The molecule has 1 saturated carbocycles. The van der Waals surface area contributed by atoms with Gasteiger partial charge in [-0.3, -0.25) is 14.4 Å². The van der Waals surface area contributed by atoms with Crippen LogP contribution in [0.4, 0.5) is 0 Å². The smallest absolute Gasteiger partial charge is 0.271 e. The van der Waals surface area contributed by atoms with Gasteiger partial charge in [0.15, 0.2) is 0 Å². The van der Waals surface area contributed by atoms with Gasteiger partial charge in [-0.2, -0.15) is 5.26 Å². The number of piperidine rings is 1. The summed E-state index contributed by atoms with van der Waals surface area (Å²) in [6.07, 6.45) is 7.80. The van der Waals surface area contributed by atoms with Crippen molar-refractivity contribution in [3.63, 3.8) is 0 Å². The number of fused-ring (bicyclic) bond motifs is 1. The van der Waals surface area contributed by atoms with Crippen molar-refractivity contribution in [3.05, 3.63) is 30.0 Å². The van der Waals surface area contributed by atoms with Crippen LogP contribution in [0.2, 0.25) is 0 Å². The molecular formula is C28H35N5O4. The lowest BCUT2D eigenvalue weighted by Crippen LogP contribution is -2.49. The molecule has 9 nitrogen and oxygen atoms in total. The van der Waals surface area contributed by atoms with Gasteiger partial charge in [0.05, 0.1) is 13.2 Å². The third-order valence-corrected chi connectivity index (χ3v) is 8.45. The fourth-order valence-corrected chi connectivity index (χ4v) is 6.50. The van der Waals surface area contributed by atoms with Crippen molar-refractivity contribution in [3.8, 4) is 11.8 Å². The Kier molecular flexibility index (Phi) is 7.09. The number of nitrogens with zero attached hydrogens (tertiary/aromatic N) is 2. The summed E-state index contributed by atoms with van der Waals surface area (Å²) in [4.78, 5) is 44.5. The van der Waals surface area contributed by atoms with Gasteiger partial charge in [-0.1, -0.05) is 25.3 Å². The Bertz CT molecular complexity index is 1220. The standard InChI is InChI=1S/C28H35N5O4/c1-37-24-9-5-8-21-20(24)14-22(32-21)27(36)33-17-28(10-3-2-4-11-28)15-23(33)26(35)31-19(16-29)13-18-7-6-12-30-25(18)34/h5,8-9,14,18-19,23,32H,2-4,6-7,10-13,15,17H2,1H3,(H,30,34)(H,31,35). The molecule has 3 unspecified atom stereocenters. The van der Waals surface area contributed by atoms with Gasteiger partial charge < -0.3 is 25.3 Å². The van der Waals surface area contributed by atoms with E-state index in [0.29, 0.717) is 37.4 Å². The highest BCUT2D eigenvalue weighted by molar-refractivity contribution is 6.02. The molecular weight excluding hydrogens is 470 g/mol. The van der Waals surface area contributed by atoms with E-state index < -0.39 is 12.1 Å². The number of methoxy groups -OCH3 is 1. The molecule has 3 amide bonds. The van der Waals surface area contributed by atoms with Gasteiger partial charge in [0.25, 0.3) is 5.91 Å². The van der Waals surface area contributed by atoms with E-state index in [9.17, 15) is 19.6 Å². The number of rotatable bonds is 6. The molecule has 5 rings (SSSR count). The van der Waals surface area contributed by atoms with Crippen molar-refractivity contribution in [1.82, 2.24) is 20.5 Å². The first kappa shape index (κ1) is 25.1. The summed E-state index contributed by atoms with van der Waals surface area (Å²) in [6.45, 7) is 1.18. The van der Waals surface area contributed by atoms with Crippen molar-refractivity contribution < 1.29 is 19.1 Å². The molecule has 2 saturated heterocycles. The van der Waals surface area contributed by atoms with Gasteiger partial charge in [0, 0.05) is 29.9 Å². The molecule has 196 valence electrons. The van der Waals surface area contributed by atoms with Gasteiger partial charge in [0.2, 0.25) is 11.8 Å². The first-order valence-electron chi connectivity index (χ1n) is 13.4. The number of amides is 3. The number of hydrogen-bond acceptors (Lipinski definition) is 5. The molecule has 3 fully saturated rings. The number of benzene rings is 1. The van der Waals surface area contributed by atoms with Crippen LogP contribution in [-0.2, 0) is 9.59 Å². The van der Waals surface area contributed by atoms with Crippen LogP contribution in [0.1, 0.15) is 68.3 Å². The van der Waals surface area contributed by atoms with Crippen molar-refractivity contribution in [2.75, 3.05) is 20.2 Å². The zero-order chi connectivity index (χ0) is 26.0. The van der Waals surface area contributed by atoms with E-state index in [1.807, 2.05) is 18.2 Å². The number of carbonyl (C=O) groups is 3. The van der Waals surface area contributed by atoms with Crippen LogP contribution in [0.5, 0.6) is 5.75 Å². The normalized spacial score (nSPS) is 23.9. The number of H-pyrrole nitrogens is 1. The number of likely N-dealkylation sites (tertiary alicyclic amines) is 1. The number of ether oxygens (including phenoxy) is 1. The second-order valence-corrected chi connectivity index (χ2v) is 10.9. The van der Waals surface area contributed by atoms with E-state index in [2.05, 4.69) is 21.7 Å². The maximum absolute atomic E-state index is 13.8. The Morgan fingerprint density at radius 3 is 2.81 bits per heavy atom. The highest BCUT2D eigenvalue weighted by atomic mass is 16.5. The van der Waals surface area contributed by atoms with E-state index in [-0.39, 0.29) is 35.5 Å². The van der Waals surface area contributed by atoms with Crippen molar-refractivity contribution in [1.29, 1.82) is 5.26 Å². The molecule has 0 bridgehead atoms. The van der Waals surface area contributed by atoms with E-state index in [1.54, 1.807) is 18.1 Å². The highest BCUT2D eigenvalue weighted by Gasteiger charge is 2.49. The first-order chi connectivity index (χ1) is 17.9. The molecule has 1 aromatic carbocycles. The Balaban J connectivity index is 1.38. The second kappa shape index (κ2) is 10.4. The molecule has 0 radical (unpaired) electrons. The topological polar surface area (TPSA) is 127 Å². The molecule has 3 N–H and O–H groups in total. The molecule has 3 atom stereocenters. The van der Waals surface area contributed by atoms with Crippen molar-refractivity contribution in [2.24, 2.45) is 11.3 Å². The molecule has 2 aromatic rings. The summed E-state index contributed by atoms with van der Waals surface area (Å²) in [5, 5.41) is 16.3. The molecule has 2 aliphatic heterocycles. The summed E-state index contributed by atoms with van der Waals surface area (Å²) in [5.41, 5.74) is 1.14. The third-order valence-electron chi connectivity index (χ3n) is 8.45. The average molecular weight is 506 g/mol. The zero-order valence-electron chi connectivity index (χ0n) is 21.3. The second-order valence-electron chi connectivity index (χ2n) is 10.9. The number of hydrogen-bond donors (Lipinski definition) is 3. The van der Waals surface area contributed by atoms with Crippen LogP contribution < -0.4 is 15.4 Å². The van der Waals surface area contributed by atoms with Gasteiger partial charge in [-0.25, -0.2) is 0 Å². The minimum Gasteiger partial charge on any atom is -0.496 e. The number of carbonyl (C=O) groups excluding carboxylic acids is 3. The minimum absolute atomic E-state index is 0.0613. The predicted molar refractivity (Wildman–Crippen MR) is 138 cm³/mol. The summed E-state index contributed by atoms with van der Waals surface area (Å²) >= 11 is 0. The Hall–Kier alpha value is -3.54. The Morgan fingerprint density at radius 1 is 1.27 bits per heavy atom. The molecule has 1 aliphatic carbocycles. The molecule has 37 heavy (non-hydrogen) atoms. The summed E-state index contributed by atoms with van der Waals surface area (Å²) < 4.78 is 5.45. The van der Waals surface area contributed by atoms with Gasteiger partial charge in [-0.15, -0.1) is 0 Å². The van der Waals surface area contributed by atoms with E-state index in [1.165, 1.54) is 6.42 Å². The fraction of sp³-hybridized carbons (Fsp3) is 0.571. The summed E-state index contributed by atoms with van der Waals surface area (Å²) in [5.74, 6) is -0.205. The molecule has 9 heteroatoms. The van der Waals surface area contributed by atoms with E-state index in [4.69, 9.17) is 4.74 Å². The van der Waals surface area contributed by atoms with Crippen LogP contribution in [0.25, 0.3) is 10.9 Å². The van der Waals surface area contributed by atoms with Gasteiger partial charge in [-0.05, 0) is 62.1 Å². The first-order valence-corrected chi connectivity index (χ1v) is 13.4. The number of nitriles is 1. The minimum atomic E-state index is -0.779. The Morgan fingerprint density at radius 2 is 2.08 bits per heavy atom. The Labute approximate surface area is 216 Å². The van der Waals surface area contributed by atoms with Gasteiger partial charge >= 0.3 is 0 Å². The zero-order valence-corrected chi connectivity index (χ0v) is 21.3. The van der Waals surface area contributed by atoms with Gasteiger partial charge in [0.1, 0.15) is 23.5 Å². The number of aromatic nitrogens is 1. The predicted octanol–water partition coefficient (Wildman–Crippen LogP) is 3.27. The van der Waals surface area contributed by atoms with Crippen LogP contribution in [0.3, 0.4) is 0 Å². The molecule has 3 heterocycles. The highest BCUT2D eigenvalue weighted by Crippen LogP contribution is 2.47. The number of aromatic amines is 1. The van der Waals surface area contributed by atoms with E-state index in [0.717, 1.165) is 43.0 Å². The fourth-order valence-electron chi connectivity index (χ4n) is 6.50. The summed E-state index contributed by atoms with van der Waals surface area (Å²) in [7, 11) is 1.60. The van der Waals surface area contributed by atoms with Crippen LogP contribution in [-0.4, -0.2) is 59.9 Å². The molecule has 3 aliphatic rings. The quantitative estimate of drug-likeness (QED) is 0.555. The maximum atomic E-state index is 13.8. The van der Waals surface area contributed by atoms with Crippen molar-refractivity contribution in [2.45, 2.75) is 69.9 Å².